The van der Waals surface area contributed by atoms with Gasteiger partial charge in [-0.3, -0.25) is 0 Å². The molecule has 0 saturated carbocycles. The molecule has 34 heavy (non-hydrogen) atoms. The first-order valence-corrected chi connectivity index (χ1v) is 10.4. The molecule has 0 fully saturated rings. The maximum absolute atomic E-state index is 13.2. The molecule has 6 rings (SSSR count). The molecule has 6 nitrogen and oxygen atoms in total. The Morgan fingerprint density at radius 2 is 1.21 bits per heavy atom. The molecule has 1 aliphatic heterocycles. The zero-order valence-corrected chi connectivity index (χ0v) is 17.3. The molecular formula is C26H14F2O6. The number of ether oxygens (including phenoxy) is 2. The minimum absolute atomic E-state index is 0.000836. The van der Waals surface area contributed by atoms with E-state index in [4.69, 9.17) is 18.3 Å². The molecule has 0 aliphatic carbocycles. The van der Waals surface area contributed by atoms with Crippen LogP contribution in [0.4, 0.5) is 8.78 Å². The minimum Gasteiger partial charge on any atom is -0.455 e. The summed E-state index contributed by atoms with van der Waals surface area (Å²) in [5.41, 5.74) is -0.764. The van der Waals surface area contributed by atoms with Gasteiger partial charge < -0.3 is 18.3 Å². The van der Waals surface area contributed by atoms with Crippen LogP contribution in [0.1, 0.15) is 22.6 Å². The number of hydrogen-bond donors (Lipinski definition) is 0. The first kappa shape index (κ1) is 20.2. The van der Waals surface area contributed by atoms with Crippen LogP contribution in [0.5, 0.6) is 17.2 Å². The van der Waals surface area contributed by atoms with E-state index in [-0.39, 0.29) is 45.1 Å². The summed E-state index contributed by atoms with van der Waals surface area (Å²) in [7, 11) is 0. The summed E-state index contributed by atoms with van der Waals surface area (Å²) in [4.78, 5) is 26.4. The molecule has 1 aliphatic rings. The van der Waals surface area contributed by atoms with Crippen LogP contribution in [0.2, 0.25) is 0 Å². The van der Waals surface area contributed by atoms with Gasteiger partial charge in [-0.05, 0) is 30.3 Å². The van der Waals surface area contributed by atoms with Crippen molar-refractivity contribution in [1.29, 1.82) is 0 Å². The number of halogens is 2. The quantitative estimate of drug-likeness (QED) is 0.311. The fourth-order valence-electron chi connectivity index (χ4n) is 4.47. The van der Waals surface area contributed by atoms with Gasteiger partial charge in [-0.2, -0.15) is 8.78 Å². The molecule has 0 atom stereocenters. The van der Waals surface area contributed by atoms with Crippen LogP contribution in [-0.4, -0.2) is 6.61 Å². The standard InChI is InChI=1S/C26H14F2O6/c27-26(28)33-16-10-4-1-7-13(16)19-20-22(14-8-2-5-11-17(14)31-24(20)29)34-23-15-9-3-6-12-18(15)32-25(30)21(19)23/h1-12,19,26H. The van der Waals surface area contributed by atoms with Crippen LogP contribution >= 0.6 is 0 Å². The summed E-state index contributed by atoms with van der Waals surface area (Å²) in [6, 6.07) is 19.6. The smallest absolute Gasteiger partial charge is 0.387 e. The van der Waals surface area contributed by atoms with Gasteiger partial charge in [-0.1, -0.05) is 42.5 Å². The fraction of sp³-hybridized carbons (Fsp3) is 0.0769. The highest BCUT2D eigenvalue weighted by Gasteiger charge is 2.39. The highest BCUT2D eigenvalue weighted by atomic mass is 19.3. The summed E-state index contributed by atoms with van der Waals surface area (Å²) >= 11 is 0. The van der Waals surface area contributed by atoms with E-state index in [1.807, 2.05) is 0 Å². The van der Waals surface area contributed by atoms with Crippen molar-refractivity contribution in [2.45, 2.75) is 12.5 Å². The topological polar surface area (TPSA) is 78.9 Å². The minimum atomic E-state index is -3.11. The first-order valence-electron chi connectivity index (χ1n) is 10.4. The van der Waals surface area contributed by atoms with Crippen molar-refractivity contribution in [3.05, 3.63) is 110 Å². The second-order valence-corrected chi connectivity index (χ2v) is 7.71. The Morgan fingerprint density at radius 3 is 1.76 bits per heavy atom. The number of rotatable bonds is 3. The number of benzene rings is 3. The van der Waals surface area contributed by atoms with Gasteiger partial charge in [0.2, 0.25) is 0 Å². The predicted molar refractivity (Wildman–Crippen MR) is 119 cm³/mol. The monoisotopic (exact) mass is 460 g/mol. The molecule has 0 radical (unpaired) electrons. The van der Waals surface area contributed by atoms with E-state index in [1.54, 1.807) is 54.6 Å². The van der Waals surface area contributed by atoms with E-state index in [0.717, 1.165) is 0 Å². The third-order valence-electron chi connectivity index (χ3n) is 5.83. The molecule has 0 unspecified atom stereocenters. The Labute approximate surface area is 189 Å². The lowest BCUT2D eigenvalue weighted by molar-refractivity contribution is -0.0505. The Balaban J connectivity index is 1.77. The lowest BCUT2D eigenvalue weighted by atomic mass is 9.82. The second kappa shape index (κ2) is 7.55. The number of para-hydroxylation sites is 3. The van der Waals surface area contributed by atoms with E-state index in [0.29, 0.717) is 10.8 Å². The lowest BCUT2D eigenvalue weighted by Crippen LogP contribution is -2.26. The molecule has 0 N–H and O–H groups in total. The molecule has 2 aromatic heterocycles. The first-order chi connectivity index (χ1) is 16.5. The zero-order valence-electron chi connectivity index (χ0n) is 17.3. The molecule has 0 bridgehead atoms. The Hall–Kier alpha value is -4.46. The average Bonchev–Trinajstić information content (AvgIpc) is 2.83. The van der Waals surface area contributed by atoms with E-state index in [1.165, 1.54) is 18.2 Å². The molecular weight excluding hydrogens is 446 g/mol. The van der Waals surface area contributed by atoms with Crippen molar-refractivity contribution in [2.24, 2.45) is 0 Å². The molecule has 0 spiro atoms. The van der Waals surface area contributed by atoms with Gasteiger partial charge in [0, 0.05) is 5.56 Å². The normalized spacial score (nSPS) is 13.0. The van der Waals surface area contributed by atoms with Crippen molar-refractivity contribution >= 4 is 21.9 Å². The van der Waals surface area contributed by atoms with Crippen LogP contribution in [-0.2, 0) is 0 Å². The fourth-order valence-corrected chi connectivity index (χ4v) is 4.47. The molecule has 0 amide bonds. The second-order valence-electron chi connectivity index (χ2n) is 7.71. The SMILES string of the molecule is O=c1oc2ccccc2c2c1C(c1ccccc1OC(F)F)c1c(c3ccccc3oc1=O)O2. The maximum Gasteiger partial charge on any atom is 0.387 e. The summed E-state index contributed by atoms with van der Waals surface area (Å²) in [5.74, 6) is -0.935. The third-order valence-corrected chi connectivity index (χ3v) is 5.83. The van der Waals surface area contributed by atoms with Crippen molar-refractivity contribution in [2.75, 3.05) is 0 Å². The van der Waals surface area contributed by atoms with E-state index >= 15 is 0 Å². The van der Waals surface area contributed by atoms with Gasteiger partial charge in [0.25, 0.3) is 0 Å². The van der Waals surface area contributed by atoms with Crippen LogP contribution < -0.4 is 20.7 Å². The zero-order chi connectivity index (χ0) is 23.4. The van der Waals surface area contributed by atoms with Crippen molar-refractivity contribution < 1.29 is 27.1 Å². The molecule has 168 valence electrons. The van der Waals surface area contributed by atoms with E-state index in [9.17, 15) is 18.4 Å². The number of hydrogen-bond acceptors (Lipinski definition) is 6. The summed E-state index contributed by atoms with van der Waals surface area (Å²) in [6.07, 6.45) is 0. The Bertz CT molecular complexity index is 1600. The number of fused-ring (bicyclic) bond motifs is 6. The summed E-state index contributed by atoms with van der Waals surface area (Å²) in [6.45, 7) is -3.11. The van der Waals surface area contributed by atoms with E-state index < -0.39 is 23.8 Å². The Morgan fingerprint density at radius 1 is 0.706 bits per heavy atom. The average molecular weight is 460 g/mol. The predicted octanol–water partition coefficient (Wildman–Crippen LogP) is 5.79. The van der Waals surface area contributed by atoms with Crippen LogP contribution in [0.3, 0.4) is 0 Å². The molecule has 8 heteroatoms. The molecule has 5 aromatic rings. The van der Waals surface area contributed by atoms with Crippen LogP contribution in [0.15, 0.2) is 91.2 Å². The van der Waals surface area contributed by atoms with Crippen molar-refractivity contribution in [3.63, 3.8) is 0 Å². The van der Waals surface area contributed by atoms with Gasteiger partial charge in [-0.25, -0.2) is 9.59 Å². The summed E-state index contributed by atoms with van der Waals surface area (Å²) < 4.78 is 48.5. The van der Waals surface area contributed by atoms with Gasteiger partial charge in [0.05, 0.1) is 27.8 Å². The number of alkyl halides is 2. The van der Waals surface area contributed by atoms with Gasteiger partial charge in [-0.15, -0.1) is 0 Å². The summed E-state index contributed by atoms with van der Waals surface area (Å²) in [5, 5.41) is 0.995. The van der Waals surface area contributed by atoms with Crippen LogP contribution in [0.25, 0.3) is 21.9 Å². The Kier molecular flexibility index (Phi) is 4.48. The highest BCUT2D eigenvalue weighted by Crippen LogP contribution is 2.50. The van der Waals surface area contributed by atoms with Crippen molar-refractivity contribution in [3.8, 4) is 17.2 Å². The largest absolute Gasteiger partial charge is 0.455 e. The lowest BCUT2D eigenvalue weighted by Gasteiger charge is -2.28. The molecule has 3 aromatic carbocycles. The third kappa shape index (κ3) is 2.99. The molecule has 0 saturated heterocycles. The van der Waals surface area contributed by atoms with E-state index in [2.05, 4.69) is 0 Å². The van der Waals surface area contributed by atoms with Gasteiger partial charge in [0.1, 0.15) is 28.4 Å². The van der Waals surface area contributed by atoms with Gasteiger partial charge >= 0.3 is 17.9 Å². The van der Waals surface area contributed by atoms with Gasteiger partial charge in [0.15, 0.2) is 0 Å². The van der Waals surface area contributed by atoms with Crippen LogP contribution in [0, 0.1) is 0 Å². The molecule has 3 heterocycles. The highest BCUT2D eigenvalue weighted by molar-refractivity contribution is 5.91. The maximum atomic E-state index is 13.2. The van der Waals surface area contributed by atoms with Crippen molar-refractivity contribution in [1.82, 2.24) is 0 Å².